The van der Waals surface area contributed by atoms with Crippen LogP contribution in [0.5, 0.6) is 0 Å². The van der Waals surface area contributed by atoms with Crippen molar-refractivity contribution in [1.29, 1.82) is 0 Å². The Morgan fingerprint density at radius 3 is 2.95 bits per heavy atom. The first-order valence-electron chi connectivity index (χ1n) is 6.51. The summed E-state index contributed by atoms with van der Waals surface area (Å²) in [6.07, 6.45) is 1.25. The smallest absolute Gasteiger partial charge is 0.317 e. The fraction of sp³-hybridized carbons (Fsp3) is 0.538. The number of hydrogen-bond acceptors (Lipinski definition) is 5. The molecule has 1 atom stereocenters. The Labute approximate surface area is 130 Å². The van der Waals surface area contributed by atoms with Gasteiger partial charge in [-0.2, -0.15) is 0 Å². The van der Waals surface area contributed by atoms with Crippen molar-refractivity contribution < 1.29 is 23.8 Å². The van der Waals surface area contributed by atoms with Crippen molar-refractivity contribution in [2.24, 2.45) is 0 Å². The van der Waals surface area contributed by atoms with Crippen LogP contribution in [0.3, 0.4) is 0 Å². The van der Waals surface area contributed by atoms with E-state index in [0.29, 0.717) is 30.7 Å². The Bertz CT molecular complexity index is 518. The zero-order chi connectivity index (χ0) is 15.4. The number of aliphatic carboxylic acids is 1. The highest BCUT2D eigenvalue weighted by atomic mass is 79.9. The quantitative estimate of drug-likeness (QED) is 0.839. The molecule has 0 radical (unpaired) electrons. The molecule has 1 fully saturated rings. The van der Waals surface area contributed by atoms with Crippen LogP contribution in [0.1, 0.15) is 10.6 Å². The lowest BCUT2D eigenvalue weighted by atomic mass is 10.2. The van der Waals surface area contributed by atoms with Crippen molar-refractivity contribution in [2.45, 2.75) is 6.10 Å². The fourth-order valence-electron chi connectivity index (χ4n) is 2.25. The van der Waals surface area contributed by atoms with Crippen LogP contribution in [0.4, 0.5) is 0 Å². The average molecular weight is 361 g/mol. The molecule has 0 aliphatic carbocycles. The van der Waals surface area contributed by atoms with Crippen molar-refractivity contribution in [3.05, 3.63) is 22.6 Å². The molecule has 0 aromatic carbocycles. The Morgan fingerprint density at radius 2 is 2.33 bits per heavy atom. The van der Waals surface area contributed by atoms with Gasteiger partial charge in [-0.15, -0.1) is 0 Å². The summed E-state index contributed by atoms with van der Waals surface area (Å²) in [4.78, 5) is 26.3. The second kappa shape index (κ2) is 7.06. The predicted molar refractivity (Wildman–Crippen MR) is 77.2 cm³/mol. The van der Waals surface area contributed by atoms with Crippen LogP contribution in [0.2, 0.25) is 0 Å². The minimum absolute atomic E-state index is 0.0580. The van der Waals surface area contributed by atoms with Crippen LogP contribution in [-0.4, -0.2) is 72.7 Å². The summed E-state index contributed by atoms with van der Waals surface area (Å²) in [5.41, 5.74) is 0. The molecule has 1 aliphatic rings. The number of rotatable bonds is 5. The normalized spacial score (nSPS) is 19.0. The van der Waals surface area contributed by atoms with E-state index in [0.717, 1.165) is 0 Å². The highest BCUT2D eigenvalue weighted by molar-refractivity contribution is 9.10. The summed E-state index contributed by atoms with van der Waals surface area (Å²) in [5, 5.41) is 8.74. The molecule has 2 heterocycles. The highest BCUT2D eigenvalue weighted by Gasteiger charge is 2.28. The molecule has 8 heteroatoms. The number of ether oxygens (including phenoxy) is 1. The van der Waals surface area contributed by atoms with Crippen LogP contribution in [-0.2, 0) is 9.53 Å². The maximum Gasteiger partial charge on any atom is 0.317 e. The molecular formula is C13H17BrN2O5. The molecule has 7 nitrogen and oxygen atoms in total. The highest BCUT2D eigenvalue weighted by Crippen LogP contribution is 2.20. The topological polar surface area (TPSA) is 83.2 Å². The summed E-state index contributed by atoms with van der Waals surface area (Å²) < 4.78 is 11.4. The van der Waals surface area contributed by atoms with E-state index >= 15 is 0 Å². The van der Waals surface area contributed by atoms with Crippen molar-refractivity contribution in [3.8, 4) is 0 Å². The lowest BCUT2D eigenvalue weighted by Crippen LogP contribution is -2.49. The number of halogens is 1. The van der Waals surface area contributed by atoms with Crippen LogP contribution in [0.15, 0.2) is 21.2 Å². The lowest BCUT2D eigenvalue weighted by molar-refractivity contribution is -0.138. The van der Waals surface area contributed by atoms with E-state index in [1.807, 2.05) is 0 Å². The van der Waals surface area contributed by atoms with E-state index in [4.69, 9.17) is 14.3 Å². The van der Waals surface area contributed by atoms with Gasteiger partial charge < -0.3 is 19.2 Å². The first kappa shape index (κ1) is 16.0. The van der Waals surface area contributed by atoms with Crippen molar-refractivity contribution >= 4 is 27.8 Å². The minimum atomic E-state index is -0.888. The van der Waals surface area contributed by atoms with E-state index in [9.17, 15) is 9.59 Å². The van der Waals surface area contributed by atoms with Gasteiger partial charge >= 0.3 is 5.97 Å². The van der Waals surface area contributed by atoms with E-state index < -0.39 is 5.97 Å². The third-order valence-corrected chi connectivity index (χ3v) is 3.78. The molecule has 1 amide bonds. The van der Waals surface area contributed by atoms with Gasteiger partial charge in [0.1, 0.15) is 0 Å². The molecule has 0 spiro atoms. The van der Waals surface area contributed by atoms with Crippen LogP contribution >= 0.6 is 15.9 Å². The molecule has 21 heavy (non-hydrogen) atoms. The summed E-state index contributed by atoms with van der Waals surface area (Å²) in [7, 11) is 1.71. The molecule has 1 N–H and O–H groups in total. The van der Waals surface area contributed by atoms with Crippen LogP contribution < -0.4 is 0 Å². The van der Waals surface area contributed by atoms with Gasteiger partial charge in [0.15, 0.2) is 0 Å². The Kier molecular flexibility index (Phi) is 5.38. The van der Waals surface area contributed by atoms with E-state index in [-0.39, 0.29) is 24.3 Å². The molecule has 2 rings (SSSR count). The van der Waals surface area contributed by atoms with E-state index in [1.54, 1.807) is 22.9 Å². The SMILES string of the molecule is CN(CC(=O)O)CC1CN(C(=O)c2occc2Br)CCO1. The van der Waals surface area contributed by atoms with Gasteiger partial charge in [0.2, 0.25) is 5.76 Å². The predicted octanol–water partition coefficient (Wildman–Crippen LogP) is 0.900. The second-order valence-electron chi connectivity index (χ2n) is 4.93. The zero-order valence-electron chi connectivity index (χ0n) is 11.6. The number of carbonyl (C=O) groups excluding carboxylic acids is 1. The van der Waals surface area contributed by atoms with Gasteiger partial charge in [0, 0.05) is 19.6 Å². The molecule has 0 saturated carbocycles. The van der Waals surface area contributed by atoms with Gasteiger partial charge in [-0.3, -0.25) is 14.5 Å². The van der Waals surface area contributed by atoms with Gasteiger partial charge in [-0.05, 0) is 29.0 Å². The molecule has 1 saturated heterocycles. The Balaban J connectivity index is 1.93. The second-order valence-corrected chi connectivity index (χ2v) is 5.79. The number of carboxylic acids is 1. The van der Waals surface area contributed by atoms with E-state index in [1.165, 1.54) is 6.26 Å². The van der Waals surface area contributed by atoms with Gasteiger partial charge in [-0.25, -0.2) is 0 Å². The largest absolute Gasteiger partial charge is 0.480 e. The number of carboxylic acid groups (broad SMARTS) is 1. The number of likely N-dealkylation sites (N-methyl/N-ethyl adjacent to an activating group) is 1. The summed E-state index contributed by atoms with van der Waals surface area (Å²) in [6, 6.07) is 1.67. The fourth-order valence-corrected chi connectivity index (χ4v) is 2.62. The molecule has 1 aromatic heterocycles. The molecular weight excluding hydrogens is 344 g/mol. The molecule has 1 aliphatic heterocycles. The maximum atomic E-state index is 12.3. The van der Waals surface area contributed by atoms with Crippen molar-refractivity contribution in [2.75, 3.05) is 39.8 Å². The molecule has 0 bridgehead atoms. The van der Waals surface area contributed by atoms with Crippen molar-refractivity contribution in [3.63, 3.8) is 0 Å². The van der Waals surface area contributed by atoms with Gasteiger partial charge in [-0.1, -0.05) is 0 Å². The zero-order valence-corrected chi connectivity index (χ0v) is 13.2. The third kappa shape index (κ3) is 4.29. The Morgan fingerprint density at radius 1 is 1.57 bits per heavy atom. The summed E-state index contributed by atoms with van der Waals surface area (Å²) >= 11 is 3.27. The summed E-state index contributed by atoms with van der Waals surface area (Å²) in [5.74, 6) is -0.809. The van der Waals surface area contributed by atoms with Crippen LogP contribution in [0.25, 0.3) is 0 Å². The first-order valence-corrected chi connectivity index (χ1v) is 7.31. The standard InChI is InChI=1S/C13H17BrN2O5/c1-15(8-11(17)18)6-9-7-16(3-5-20-9)13(19)12-10(14)2-4-21-12/h2,4,9H,3,5-8H2,1H3,(H,17,18). The minimum Gasteiger partial charge on any atom is -0.480 e. The summed E-state index contributed by atoms with van der Waals surface area (Å²) in [6.45, 7) is 1.73. The van der Waals surface area contributed by atoms with Gasteiger partial charge in [0.05, 0.1) is 30.0 Å². The molecule has 1 unspecified atom stereocenters. The monoisotopic (exact) mass is 360 g/mol. The van der Waals surface area contributed by atoms with Crippen LogP contribution in [0, 0.1) is 0 Å². The number of carbonyl (C=O) groups is 2. The number of amides is 1. The number of furan rings is 1. The molecule has 1 aromatic rings. The maximum absolute atomic E-state index is 12.3. The van der Waals surface area contributed by atoms with E-state index in [2.05, 4.69) is 15.9 Å². The molecule has 116 valence electrons. The number of hydrogen-bond donors (Lipinski definition) is 1. The average Bonchev–Trinajstić information content (AvgIpc) is 2.83. The Hall–Kier alpha value is -1.38. The van der Waals surface area contributed by atoms with Gasteiger partial charge in [0.25, 0.3) is 5.91 Å². The lowest BCUT2D eigenvalue weighted by Gasteiger charge is -2.34. The number of morpholine rings is 1. The third-order valence-electron chi connectivity index (χ3n) is 3.16. The first-order chi connectivity index (χ1) is 9.97. The van der Waals surface area contributed by atoms with Crippen molar-refractivity contribution in [1.82, 2.24) is 9.80 Å². The number of nitrogens with zero attached hydrogens (tertiary/aromatic N) is 2.